The van der Waals surface area contributed by atoms with Crippen molar-refractivity contribution in [3.63, 3.8) is 0 Å². The maximum Gasteiger partial charge on any atom is 1.00 e. The third kappa shape index (κ3) is 7.12. The minimum Gasteiger partial charge on any atom is -1.00 e. The number of ketones is 1. The number of aryl methyl sites for hydroxylation is 2. The summed E-state index contributed by atoms with van der Waals surface area (Å²) in [4.78, 5) is 45.3. The number of Topliss-reactive ketones (excluding diaryl/α,β-unsaturated/α-hetero) is 1. The van der Waals surface area contributed by atoms with Crippen LogP contribution < -0.4 is 40.9 Å². The predicted molar refractivity (Wildman–Crippen MR) is 148 cm³/mol. The summed E-state index contributed by atoms with van der Waals surface area (Å²) in [6.07, 6.45) is 3.07. The Balaban J connectivity index is 0.00000280. The van der Waals surface area contributed by atoms with Crippen molar-refractivity contribution in [3.8, 4) is 22.5 Å². The number of nitrogens with one attached hydrogen (secondary N) is 1. The van der Waals surface area contributed by atoms with Crippen LogP contribution in [0.5, 0.6) is 0 Å². The van der Waals surface area contributed by atoms with E-state index in [4.69, 9.17) is 4.98 Å². The molecule has 0 aliphatic heterocycles. The number of carbonyl (C=O) groups is 1. The maximum absolute atomic E-state index is 13.7. The smallest absolute Gasteiger partial charge is 1.00 e. The van der Waals surface area contributed by atoms with Crippen LogP contribution in [0.25, 0.3) is 22.5 Å². The van der Waals surface area contributed by atoms with E-state index in [-0.39, 0.29) is 48.9 Å². The average Bonchev–Trinajstić information content (AvgIpc) is 3.33. The van der Waals surface area contributed by atoms with E-state index in [9.17, 15) is 14.4 Å². The molecule has 2 aromatic heterocycles. The van der Waals surface area contributed by atoms with Gasteiger partial charge in [-0.2, -0.15) is 0 Å². The summed E-state index contributed by atoms with van der Waals surface area (Å²) in [7, 11) is 0. The van der Waals surface area contributed by atoms with Crippen molar-refractivity contribution in [1.82, 2.24) is 19.7 Å². The van der Waals surface area contributed by atoms with Gasteiger partial charge in [-0.15, -0.1) is 0 Å². The van der Waals surface area contributed by atoms with E-state index in [1.807, 2.05) is 69.3 Å². The molecule has 0 atom stereocenters. The van der Waals surface area contributed by atoms with Gasteiger partial charge in [-0.05, 0) is 36.5 Å². The first-order chi connectivity index (χ1) is 18.1. The molecule has 8 nitrogen and oxygen atoms in total. The summed E-state index contributed by atoms with van der Waals surface area (Å²) in [5.41, 5.74) is 4.31. The molecule has 9 heteroatoms. The SMILES string of the molecule is CCCCc1nc(C)n(CC(=O)C(C)(C)C)c(=O)c1Cc1ccc(-c2ccccc2-c2noc(=O)[nH]2)cc1.[H-].[Na+]. The van der Waals surface area contributed by atoms with E-state index < -0.39 is 11.2 Å². The van der Waals surface area contributed by atoms with Gasteiger partial charge in [-0.1, -0.05) is 87.8 Å². The number of H-pyrrole nitrogens is 1. The second-order valence-corrected chi connectivity index (χ2v) is 10.6. The Bertz CT molecular complexity index is 1570. The molecule has 2 aromatic carbocycles. The molecule has 4 rings (SSSR count). The van der Waals surface area contributed by atoms with Crippen molar-refractivity contribution in [3.05, 3.63) is 92.1 Å². The number of nitrogens with zero attached hydrogens (tertiary/aromatic N) is 3. The van der Waals surface area contributed by atoms with Gasteiger partial charge in [0, 0.05) is 23.0 Å². The molecule has 0 fully saturated rings. The number of hydrogen-bond donors (Lipinski definition) is 1. The Hall–Kier alpha value is -3.07. The normalized spacial score (nSPS) is 11.3. The number of rotatable bonds is 9. The van der Waals surface area contributed by atoms with Gasteiger partial charge in [-0.25, -0.2) is 9.78 Å². The molecule has 4 aromatic rings. The molecule has 1 N–H and O–H groups in total. The second kappa shape index (κ2) is 12.9. The zero-order valence-electron chi connectivity index (χ0n) is 24.6. The molecule has 0 radical (unpaired) electrons. The Morgan fingerprint density at radius 3 is 2.31 bits per heavy atom. The number of aromatic nitrogens is 4. The zero-order valence-corrected chi connectivity index (χ0v) is 25.6. The molecule has 0 bridgehead atoms. The standard InChI is InChI=1S/C30H34N4O4.Na.H/c1-6-7-12-25-24(28(36)34(19(2)31-25)18-26(35)30(3,4)5)17-20-13-15-21(16-14-20)22-10-8-9-11-23(22)27-32-29(37)38-33-27;;/h8-11,13-16H,6-7,12,17-18H2,1-5H3,(H,32,33,37);;/q;+1;-1. The fourth-order valence-corrected chi connectivity index (χ4v) is 4.35. The topological polar surface area (TPSA) is 111 Å². The number of hydrogen-bond acceptors (Lipinski definition) is 6. The summed E-state index contributed by atoms with van der Waals surface area (Å²) in [5.74, 6) is 0.324. The van der Waals surface area contributed by atoms with Crippen LogP contribution in [0.2, 0.25) is 0 Å². The fourth-order valence-electron chi connectivity index (χ4n) is 4.35. The van der Waals surface area contributed by atoms with Crippen LogP contribution in [0.1, 0.15) is 64.6 Å². The minimum absolute atomic E-state index is 0. The van der Waals surface area contributed by atoms with E-state index in [0.29, 0.717) is 23.6 Å². The molecule has 0 saturated carbocycles. The van der Waals surface area contributed by atoms with Crippen molar-refractivity contribution in [2.45, 2.75) is 66.8 Å². The van der Waals surface area contributed by atoms with Crippen LogP contribution in [0, 0.1) is 12.3 Å². The summed E-state index contributed by atoms with van der Waals surface area (Å²) >= 11 is 0. The van der Waals surface area contributed by atoms with Crippen LogP contribution in [0.3, 0.4) is 0 Å². The van der Waals surface area contributed by atoms with E-state index in [1.54, 1.807) is 6.92 Å². The van der Waals surface area contributed by atoms with Gasteiger partial charge < -0.3 is 1.43 Å². The first kappa shape index (κ1) is 30.5. The van der Waals surface area contributed by atoms with Crippen LogP contribution >= 0.6 is 0 Å². The number of carbonyl (C=O) groups excluding carboxylic acids is 1. The van der Waals surface area contributed by atoms with Gasteiger partial charge in [0.1, 0.15) is 5.82 Å². The first-order valence-electron chi connectivity index (χ1n) is 13.0. The summed E-state index contributed by atoms with van der Waals surface area (Å²) in [6.45, 7) is 9.51. The molecule has 0 saturated heterocycles. The maximum atomic E-state index is 13.7. The minimum atomic E-state index is -0.606. The Labute approximate surface area is 251 Å². The third-order valence-electron chi connectivity index (χ3n) is 6.71. The van der Waals surface area contributed by atoms with Crippen molar-refractivity contribution < 1.29 is 40.3 Å². The van der Waals surface area contributed by atoms with Crippen molar-refractivity contribution in [2.24, 2.45) is 5.41 Å². The Morgan fingerprint density at radius 1 is 1.05 bits per heavy atom. The van der Waals surface area contributed by atoms with E-state index in [1.165, 1.54) is 4.57 Å². The van der Waals surface area contributed by atoms with E-state index in [0.717, 1.165) is 47.2 Å². The largest absolute Gasteiger partial charge is 1.00 e. The molecule has 0 unspecified atom stereocenters. The average molecular weight is 539 g/mol. The van der Waals surface area contributed by atoms with Crippen molar-refractivity contribution in [2.75, 3.05) is 0 Å². The van der Waals surface area contributed by atoms with Crippen LogP contribution in [-0.2, 0) is 24.2 Å². The van der Waals surface area contributed by atoms with Gasteiger partial charge in [0.15, 0.2) is 11.6 Å². The third-order valence-corrected chi connectivity index (χ3v) is 6.71. The monoisotopic (exact) mass is 538 g/mol. The van der Waals surface area contributed by atoms with Crippen LogP contribution in [0.15, 0.2) is 62.6 Å². The molecular weight excluding hydrogens is 503 g/mol. The zero-order chi connectivity index (χ0) is 27.4. The molecule has 0 aliphatic rings. The molecule has 2 heterocycles. The Kier molecular flexibility index (Phi) is 10.0. The molecule has 0 amide bonds. The number of unbranched alkanes of at least 4 members (excludes halogenated alkanes) is 1. The van der Waals surface area contributed by atoms with E-state index in [2.05, 4.69) is 21.6 Å². The van der Waals surface area contributed by atoms with Gasteiger partial charge >= 0.3 is 35.3 Å². The van der Waals surface area contributed by atoms with Crippen LogP contribution in [0.4, 0.5) is 0 Å². The molecule has 39 heavy (non-hydrogen) atoms. The van der Waals surface area contributed by atoms with Gasteiger partial charge in [-0.3, -0.25) is 23.7 Å². The molecule has 0 spiro atoms. The van der Waals surface area contributed by atoms with Gasteiger partial charge in [0.05, 0.1) is 12.2 Å². The second-order valence-electron chi connectivity index (χ2n) is 10.6. The summed E-state index contributed by atoms with van der Waals surface area (Å²) < 4.78 is 6.20. The molecule has 200 valence electrons. The number of benzene rings is 2. The predicted octanol–water partition coefficient (Wildman–Crippen LogP) is 2.23. The Morgan fingerprint density at radius 2 is 1.72 bits per heavy atom. The van der Waals surface area contributed by atoms with Gasteiger partial charge in [0.25, 0.3) is 5.56 Å². The molecule has 0 aliphatic carbocycles. The quantitative estimate of drug-likeness (QED) is 0.327. The van der Waals surface area contributed by atoms with Crippen molar-refractivity contribution in [1.29, 1.82) is 0 Å². The number of aromatic amines is 1. The summed E-state index contributed by atoms with van der Waals surface area (Å²) in [6, 6.07) is 15.6. The fraction of sp³-hybridized carbons (Fsp3) is 0.367. The summed E-state index contributed by atoms with van der Waals surface area (Å²) in [5, 5.41) is 3.83. The van der Waals surface area contributed by atoms with Gasteiger partial charge in [0.2, 0.25) is 0 Å². The molecular formula is C30H35N4NaO4. The van der Waals surface area contributed by atoms with Crippen LogP contribution in [-0.4, -0.2) is 25.5 Å². The van der Waals surface area contributed by atoms with E-state index >= 15 is 0 Å². The van der Waals surface area contributed by atoms with Crippen molar-refractivity contribution >= 4 is 5.78 Å². The first-order valence-corrected chi connectivity index (χ1v) is 13.0.